The highest BCUT2D eigenvalue weighted by molar-refractivity contribution is 7.98. The van der Waals surface area contributed by atoms with Crippen molar-refractivity contribution in [2.24, 2.45) is 0 Å². The van der Waals surface area contributed by atoms with Crippen molar-refractivity contribution in [1.29, 1.82) is 0 Å². The number of benzene rings is 2. The lowest BCUT2D eigenvalue weighted by Gasteiger charge is -2.24. The number of ether oxygens (including phenoxy) is 1. The third-order valence-electron chi connectivity index (χ3n) is 4.82. The Morgan fingerprint density at radius 2 is 2.00 bits per heavy atom. The molecule has 2 heterocycles. The zero-order valence-corrected chi connectivity index (χ0v) is 16.8. The minimum atomic E-state index is -0.544. The van der Waals surface area contributed by atoms with Crippen LogP contribution in [0.1, 0.15) is 29.0 Å². The van der Waals surface area contributed by atoms with Crippen molar-refractivity contribution in [2.75, 3.05) is 12.4 Å². The van der Waals surface area contributed by atoms with Gasteiger partial charge in [-0.1, -0.05) is 30.0 Å². The Kier molecular flexibility index (Phi) is 5.45. The molecule has 9 heteroatoms. The first-order valence-corrected chi connectivity index (χ1v) is 10.1. The Bertz CT molecular complexity index is 1160. The van der Waals surface area contributed by atoms with Crippen LogP contribution < -0.4 is 15.6 Å². The van der Waals surface area contributed by atoms with E-state index in [1.807, 2.05) is 0 Å². The van der Waals surface area contributed by atoms with Crippen molar-refractivity contribution in [3.63, 3.8) is 0 Å². The maximum Gasteiger partial charge on any atom is 0.257 e. The predicted octanol–water partition coefficient (Wildman–Crippen LogP) is 3.39. The molecule has 4 rings (SSSR count). The summed E-state index contributed by atoms with van der Waals surface area (Å²) in [7, 11) is 1.44. The minimum absolute atomic E-state index is 0.0611. The number of nitrogens with one attached hydrogen (secondary N) is 2. The van der Waals surface area contributed by atoms with Crippen LogP contribution in [0.2, 0.25) is 0 Å². The standard InChI is InChI=1S/C21H18FN3O4S/c1-29-16-7-4-12(8-15(16)26)14-9-17(27)23-19-18(14)20(28)25-21(24-19)30-10-11-2-5-13(22)6-3-11/h2-8,14,26H,9-10H2,1H3,(H2,23,24,25,27,28). The lowest BCUT2D eigenvalue weighted by Crippen LogP contribution is -2.31. The molecule has 1 aliphatic rings. The molecule has 30 heavy (non-hydrogen) atoms. The van der Waals surface area contributed by atoms with Crippen molar-refractivity contribution in [3.05, 3.63) is 75.3 Å². The molecule has 0 saturated heterocycles. The second-order valence-corrected chi connectivity index (χ2v) is 7.75. The van der Waals surface area contributed by atoms with Crippen molar-refractivity contribution < 1.29 is 19.0 Å². The number of amides is 1. The van der Waals surface area contributed by atoms with E-state index >= 15 is 0 Å². The second kappa shape index (κ2) is 8.19. The zero-order chi connectivity index (χ0) is 21.3. The summed E-state index contributed by atoms with van der Waals surface area (Å²) in [6, 6.07) is 10.8. The van der Waals surface area contributed by atoms with Gasteiger partial charge < -0.3 is 20.1 Å². The molecule has 0 aliphatic carbocycles. The number of nitrogens with zero attached hydrogens (tertiary/aromatic N) is 1. The van der Waals surface area contributed by atoms with Gasteiger partial charge in [0.25, 0.3) is 5.56 Å². The summed E-state index contributed by atoms with van der Waals surface area (Å²) in [5.74, 6) is -0.212. The Morgan fingerprint density at radius 1 is 1.23 bits per heavy atom. The molecule has 2 aromatic carbocycles. The normalized spacial score (nSPS) is 15.4. The van der Waals surface area contributed by atoms with Gasteiger partial charge in [0.15, 0.2) is 16.7 Å². The molecule has 7 nitrogen and oxygen atoms in total. The van der Waals surface area contributed by atoms with Gasteiger partial charge in [0.05, 0.1) is 12.7 Å². The number of rotatable bonds is 5. The van der Waals surface area contributed by atoms with E-state index < -0.39 is 5.92 Å². The van der Waals surface area contributed by atoms with E-state index in [0.717, 1.165) is 5.56 Å². The number of phenols is 1. The molecule has 1 aromatic heterocycles. The topological polar surface area (TPSA) is 104 Å². The van der Waals surface area contributed by atoms with Gasteiger partial charge in [0.1, 0.15) is 11.6 Å². The minimum Gasteiger partial charge on any atom is -0.504 e. The fourth-order valence-electron chi connectivity index (χ4n) is 3.36. The van der Waals surface area contributed by atoms with E-state index in [-0.39, 0.29) is 35.3 Å². The maximum atomic E-state index is 13.0. The summed E-state index contributed by atoms with van der Waals surface area (Å²) in [5.41, 5.74) is 1.47. The number of anilines is 1. The van der Waals surface area contributed by atoms with E-state index in [1.165, 1.54) is 37.1 Å². The average molecular weight is 427 g/mol. The number of H-pyrrole nitrogens is 1. The number of fused-ring (bicyclic) bond motifs is 1. The number of aromatic nitrogens is 2. The second-order valence-electron chi connectivity index (χ2n) is 6.78. The molecule has 1 atom stereocenters. The summed E-state index contributed by atoms with van der Waals surface area (Å²) in [5, 5.41) is 13.1. The molecule has 3 aromatic rings. The molecule has 0 saturated carbocycles. The molecule has 0 bridgehead atoms. The lowest BCUT2D eigenvalue weighted by molar-refractivity contribution is -0.116. The monoisotopic (exact) mass is 427 g/mol. The Labute approximate surface area is 175 Å². The molecule has 1 amide bonds. The summed E-state index contributed by atoms with van der Waals surface area (Å²) in [4.78, 5) is 32.3. The van der Waals surface area contributed by atoms with Gasteiger partial charge in [0.2, 0.25) is 5.91 Å². The van der Waals surface area contributed by atoms with Gasteiger partial charge in [-0.25, -0.2) is 9.37 Å². The smallest absolute Gasteiger partial charge is 0.257 e. The highest BCUT2D eigenvalue weighted by Gasteiger charge is 2.31. The number of methoxy groups -OCH3 is 1. The average Bonchev–Trinajstić information content (AvgIpc) is 2.72. The molecule has 0 radical (unpaired) electrons. The lowest BCUT2D eigenvalue weighted by atomic mass is 9.86. The molecule has 154 valence electrons. The number of aromatic hydroxyl groups is 1. The summed E-state index contributed by atoms with van der Waals surface area (Å²) in [6.07, 6.45) is 0.0611. The van der Waals surface area contributed by atoms with Gasteiger partial charge in [-0.3, -0.25) is 9.59 Å². The number of aromatic amines is 1. The summed E-state index contributed by atoms with van der Waals surface area (Å²) >= 11 is 1.28. The molecular weight excluding hydrogens is 409 g/mol. The summed E-state index contributed by atoms with van der Waals surface area (Å²) in [6.45, 7) is 0. The zero-order valence-electron chi connectivity index (χ0n) is 15.9. The van der Waals surface area contributed by atoms with E-state index in [0.29, 0.717) is 27.8 Å². The highest BCUT2D eigenvalue weighted by atomic mass is 32.2. The molecular formula is C21H18FN3O4S. The van der Waals surface area contributed by atoms with Crippen molar-refractivity contribution in [1.82, 2.24) is 9.97 Å². The third-order valence-corrected chi connectivity index (χ3v) is 5.77. The van der Waals surface area contributed by atoms with Crippen LogP contribution in [0.5, 0.6) is 11.5 Å². The van der Waals surface area contributed by atoms with Crippen LogP contribution in [-0.2, 0) is 10.5 Å². The fraction of sp³-hybridized carbons (Fsp3) is 0.190. The van der Waals surface area contributed by atoms with Crippen LogP contribution in [0.3, 0.4) is 0 Å². The first-order valence-electron chi connectivity index (χ1n) is 9.13. The number of hydrogen-bond acceptors (Lipinski definition) is 6. The van der Waals surface area contributed by atoms with Crippen molar-refractivity contribution in [2.45, 2.75) is 23.2 Å². The van der Waals surface area contributed by atoms with Crippen molar-refractivity contribution in [3.8, 4) is 11.5 Å². The number of carbonyl (C=O) groups excluding carboxylic acids is 1. The quantitative estimate of drug-likeness (QED) is 0.426. The number of phenolic OH excluding ortho intramolecular Hbond substituents is 1. The third kappa shape index (κ3) is 4.02. The molecule has 3 N–H and O–H groups in total. The number of carbonyl (C=O) groups is 1. The van der Waals surface area contributed by atoms with E-state index in [9.17, 15) is 19.1 Å². The van der Waals surface area contributed by atoms with E-state index in [4.69, 9.17) is 4.74 Å². The van der Waals surface area contributed by atoms with Gasteiger partial charge >= 0.3 is 0 Å². The van der Waals surface area contributed by atoms with E-state index in [2.05, 4.69) is 15.3 Å². The van der Waals surface area contributed by atoms with Crippen molar-refractivity contribution >= 4 is 23.5 Å². The van der Waals surface area contributed by atoms with Gasteiger partial charge in [-0.05, 0) is 35.4 Å². The number of thioether (sulfide) groups is 1. The number of halogens is 1. The van der Waals surface area contributed by atoms with Gasteiger partial charge in [0, 0.05) is 18.1 Å². The SMILES string of the molecule is COc1ccc(C2CC(=O)Nc3nc(SCc4ccc(F)cc4)[nH]c(=O)c32)cc1O. The molecule has 0 spiro atoms. The maximum absolute atomic E-state index is 13.0. The first-order chi connectivity index (χ1) is 14.4. The van der Waals surface area contributed by atoms with Crippen LogP contribution in [-0.4, -0.2) is 28.1 Å². The highest BCUT2D eigenvalue weighted by Crippen LogP contribution is 2.38. The number of hydrogen-bond donors (Lipinski definition) is 3. The van der Waals surface area contributed by atoms with E-state index in [1.54, 1.807) is 24.3 Å². The first kappa shape index (κ1) is 20.0. The van der Waals surface area contributed by atoms with Crippen LogP contribution in [0.4, 0.5) is 10.2 Å². The Balaban J connectivity index is 1.65. The molecule has 1 aliphatic heterocycles. The van der Waals surface area contributed by atoms with Crippen LogP contribution in [0.25, 0.3) is 0 Å². The fourth-order valence-corrected chi connectivity index (χ4v) is 4.18. The van der Waals surface area contributed by atoms with Gasteiger partial charge in [-0.2, -0.15) is 0 Å². The van der Waals surface area contributed by atoms with Gasteiger partial charge in [-0.15, -0.1) is 0 Å². The molecule has 0 fully saturated rings. The van der Waals surface area contributed by atoms with Crippen LogP contribution in [0.15, 0.2) is 52.4 Å². The Hall–Kier alpha value is -3.33. The Morgan fingerprint density at radius 3 is 2.70 bits per heavy atom. The van der Waals surface area contributed by atoms with Crippen LogP contribution in [0, 0.1) is 5.82 Å². The largest absolute Gasteiger partial charge is 0.504 e. The summed E-state index contributed by atoms with van der Waals surface area (Å²) < 4.78 is 18.1. The molecule has 1 unspecified atom stereocenters. The predicted molar refractivity (Wildman–Crippen MR) is 111 cm³/mol. The van der Waals surface area contributed by atoms with Crippen LogP contribution >= 0.6 is 11.8 Å².